The van der Waals surface area contributed by atoms with Crippen molar-refractivity contribution >= 4 is 11.9 Å². The van der Waals surface area contributed by atoms with Crippen LogP contribution in [0, 0.1) is 11.8 Å². The maximum atomic E-state index is 11.4. The number of carbonyl (C=O) groups excluding carboxylic acids is 2. The average Bonchev–Trinajstić information content (AvgIpc) is 3.19. The molecule has 2 unspecified atom stereocenters. The molecule has 326 valence electrons. The average molecular weight is 775 g/mol. The molecule has 0 spiro atoms. The Bertz CT molecular complexity index is 820. The second-order valence-electron chi connectivity index (χ2n) is 16.9. The molecule has 0 amide bonds. The van der Waals surface area contributed by atoms with Gasteiger partial charge in [0, 0.05) is 11.6 Å². The van der Waals surface area contributed by atoms with Gasteiger partial charge in [-0.15, -0.1) is 0 Å². The van der Waals surface area contributed by atoms with Crippen molar-refractivity contribution in [2.75, 3.05) is 13.2 Å². The van der Waals surface area contributed by atoms with Crippen molar-refractivity contribution in [2.45, 2.75) is 266 Å². The Labute approximate surface area is 345 Å². The normalized spacial score (nSPS) is 12.1. The van der Waals surface area contributed by atoms with Gasteiger partial charge >= 0.3 is 11.9 Å². The number of unbranched alkanes of at least 4 members (excludes halogenated alkanes) is 27. The van der Waals surface area contributed by atoms with Gasteiger partial charge in [0.15, 0.2) is 0 Å². The number of ether oxygens (including phenoxy) is 2. The van der Waals surface area contributed by atoms with Crippen molar-refractivity contribution < 1.29 is 19.1 Å². The lowest BCUT2D eigenvalue weighted by atomic mass is 9.89. The van der Waals surface area contributed by atoms with E-state index in [0.29, 0.717) is 24.7 Å². The van der Waals surface area contributed by atoms with E-state index in [2.05, 4.69) is 40.9 Å². The van der Waals surface area contributed by atoms with Gasteiger partial charge in [0.25, 0.3) is 0 Å². The van der Waals surface area contributed by atoms with Crippen LogP contribution in [0.25, 0.3) is 0 Å². The van der Waals surface area contributed by atoms with Crippen LogP contribution in [0.1, 0.15) is 266 Å². The Hall–Kier alpha value is -1.58. The van der Waals surface area contributed by atoms with E-state index in [-0.39, 0.29) is 11.9 Å². The standard InChI is InChI=1S/C40H78O2.C11H20O2/c1-5-7-9-11-13-15-16-17-18-19-20-23-27-31-35-39(34-30-26-22-14-12-10-8-6-2)36-32-28-24-21-25-29-33-37-42-40(41)38(3)4;1-4-7-8-10(5-2)9-13-11(12)6-3/h39H,3,5-37H2,1-2,4H3;6,10H,3-5,7-9H2,1-2H3. The summed E-state index contributed by atoms with van der Waals surface area (Å²) >= 11 is 0. The monoisotopic (exact) mass is 775 g/mol. The largest absolute Gasteiger partial charge is 0.462 e. The molecule has 0 saturated carbocycles. The van der Waals surface area contributed by atoms with E-state index in [1.54, 1.807) is 6.92 Å². The van der Waals surface area contributed by atoms with E-state index >= 15 is 0 Å². The maximum absolute atomic E-state index is 11.4. The third-order valence-corrected chi connectivity index (χ3v) is 11.4. The second kappa shape index (κ2) is 46.8. The minimum absolute atomic E-state index is 0.245. The summed E-state index contributed by atoms with van der Waals surface area (Å²) in [7, 11) is 0. The highest BCUT2D eigenvalue weighted by Crippen LogP contribution is 2.25. The number of esters is 2. The molecule has 0 rings (SSSR count). The van der Waals surface area contributed by atoms with Gasteiger partial charge in [-0.1, -0.05) is 259 Å². The van der Waals surface area contributed by atoms with E-state index in [0.717, 1.165) is 25.2 Å². The van der Waals surface area contributed by atoms with Gasteiger partial charge in [-0.3, -0.25) is 0 Å². The Kier molecular flexibility index (Phi) is 47.2. The fourth-order valence-corrected chi connectivity index (χ4v) is 7.49. The van der Waals surface area contributed by atoms with Gasteiger partial charge < -0.3 is 9.47 Å². The Balaban J connectivity index is 0. The summed E-state index contributed by atoms with van der Waals surface area (Å²) in [5.41, 5.74) is 0.500. The van der Waals surface area contributed by atoms with E-state index < -0.39 is 0 Å². The summed E-state index contributed by atoms with van der Waals surface area (Å²) in [6.07, 6.45) is 51.2. The zero-order valence-electron chi connectivity index (χ0n) is 38.1. The highest BCUT2D eigenvalue weighted by molar-refractivity contribution is 5.86. The van der Waals surface area contributed by atoms with Crippen molar-refractivity contribution in [3.05, 3.63) is 24.8 Å². The Morgan fingerprint density at radius 3 is 1.11 bits per heavy atom. The molecule has 0 aromatic heterocycles. The molecule has 2 atom stereocenters. The molecule has 0 aliphatic rings. The van der Waals surface area contributed by atoms with E-state index in [1.807, 2.05) is 0 Å². The van der Waals surface area contributed by atoms with Crippen molar-refractivity contribution in [3.63, 3.8) is 0 Å². The third-order valence-electron chi connectivity index (χ3n) is 11.4. The molecule has 0 heterocycles. The lowest BCUT2D eigenvalue weighted by Crippen LogP contribution is -2.12. The molecule has 0 aliphatic carbocycles. The maximum Gasteiger partial charge on any atom is 0.333 e. The molecular weight excluding hydrogens is 677 g/mol. The predicted molar refractivity (Wildman–Crippen MR) is 243 cm³/mol. The van der Waals surface area contributed by atoms with Crippen molar-refractivity contribution in [1.29, 1.82) is 0 Å². The van der Waals surface area contributed by atoms with Gasteiger partial charge in [-0.2, -0.15) is 0 Å². The SMILES string of the molecule is C=C(C)C(=O)OCCCCCCCCCC(CCCCCCCCCC)CCCCCCCCCCCCCCCC.C=CC(=O)OCC(CC)CCCC. The van der Waals surface area contributed by atoms with Crippen LogP contribution in [0.4, 0.5) is 0 Å². The highest BCUT2D eigenvalue weighted by atomic mass is 16.5. The first-order valence-electron chi connectivity index (χ1n) is 24.5. The fourth-order valence-electron chi connectivity index (χ4n) is 7.49. The molecule has 0 aromatic rings. The number of carbonyl (C=O) groups is 2. The minimum atomic E-state index is -0.310. The lowest BCUT2D eigenvalue weighted by Gasteiger charge is -2.17. The summed E-state index contributed by atoms with van der Waals surface area (Å²) in [5.74, 6) is 0.940. The molecule has 0 radical (unpaired) electrons. The highest BCUT2D eigenvalue weighted by Gasteiger charge is 2.10. The molecule has 0 fully saturated rings. The summed E-state index contributed by atoms with van der Waals surface area (Å²) < 4.78 is 10.2. The Morgan fingerprint density at radius 2 is 0.782 bits per heavy atom. The minimum Gasteiger partial charge on any atom is -0.462 e. The summed E-state index contributed by atoms with van der Waals surface area (Å²) in [4.78, 5) is 22.2. The predicted octanol–water partition coefficient (Wildman–Crippen LogP) is 17.2. The smallest absolute Gasteiger partial charge is 0.333 e. The first kappa shape index (κ1) is 55.5. The van der Waals surface area contributed by atoms with Gasteiger partial charge in [0.1, 0.15) is 0 Å². The van der Waals surface area contributed by atoms with Gasteiger partial charge in [0.05, 0.1) is 13.2 Å². The van der Waals surface area contributed by atoms with Crippen LogP contribution in [-0.2, 0) is 19.1 Å². The van der Waals surface area contributed by atoms with Gasteiger partial charge in [-0.25, -0.2) is 9.59 Å². The van der Waals surface area contributed by atoms with Crippen molar-refractivity contribution in [3.8, 4) is 0 Å². The van der Waals surface area contributed by atoms with Crippen LogP contribution in [0.15, 0.2) is 24.8 Å². The molecule has 4 heteroatoms. The summed E-state index contributed by atoms with van der Waals surface area (Å²) in [6, 6.07) is 0. The number of hydrogen-bond acceptors (Lipinski definition) is 4. The first-order valence-corrected chi connectivity index (χ1v) is 24.5. The zero-order chi connectivity index (χ0) is 40.9. The summed E-state index contributed by atoms with van der Waals surface area (Å²) in [6.45, 7) is 18.7. The zero-order valence-corrected chi connectivity index (χ0v) is 38.1. The molecule has 0 aromatic carbocycles. The van der Waals surface area contributed by atoms with Crippen LogP contribution >= 0.6 is 0 Å². The quantitative estimate of drug-likeness (QED) is 0.0352. The van der Waals surface area contributed by atoms with Crippen LogP contribution < -0.4 is 0 Å². The van der Waals surface area contributed by atoms with Gasteiger partial charge in [0.2, 0.25) is 0 Å². The van der Waals surface area contributed by atoms with Crippen molar-refractivity contribution in [2.24, 2.45) is 11.8 Å². The van der Waals surface area contributed by atoms with E-state index in [4.69, 9.17) is 9.47 Å². The van der Waals surface area contributed by atoms with Crippen LogP contribution in [0.3, 0.4) is 0 Å². The Morgan fingerprint density at radius 1 is 0.455 bits per heavy atom. The second-order valence-corrected chi connectivity index (χ2v) is 16.9. The molecule has 0 bridgehead atoms. The molecule has 0 aliphatic heterocycles. The molecule has 0 saturated heterocycles. The molecule has 55 heavy (non-hydrogen) atoms. The topological polar surface area (TPSA) is 52.6 Å². The van der Waals surface area contributed by atoms with Crippen LogP contribution in [-0.4, -0.2) is 25.2 Å². The van der Waals surface area contributed by atoms with Gasteiger partial charge in [-0.05, 0) is 31.6 Å². The summed E-state index contributed by atoms with van der Waals surface area (Å²) in [5, 5.41) is 0. The van der Waals surface area contributed by atoms with Crippen molar-refractivity contribution in [1.82, 2.24) is 0 Å². The fraction of sp³-hybridized carbons (Fsp3) is 0.882. The van der Waals surface area contributed by atoms with Crippen LogP contribution in [0.2, 0.25) is 0 Å². The molecule has 0 N–H and O–H groups in total. The lowest BCUT2D eigenvalue weighted by molar-refractivity contribution is -0.140. The number of rotatable bonds is 42. The molecule has 4 nitrogen and oxygen atoms in total. The van der Waals surface area contributed by atoms with E-state index in [9.17, 15) is 9.59 Å². The van der Waals surface area contributed by atoms with Crippen LogP contribution in [0.5, 0.6) is 0 Å². The molecular formula is C51H98O4. The first-order chi connectivity index (χ1) is 26.9. The van der Waals surface area contributed by atoms with E-state index in [1.165, 1.54) is 218 Å². The number of hydrogen-bond donors (Lipinski definition) is 0. The third kappa shape index (κ3) is 45.0.